The molecule has 0 saturated carbocycles. The molecule has 0 bridgehead atoms. The summed E-state index contributed by atoms with van der Waals surface area (Å²) in [6.45, 7) is 2.98. The van der Waals surface area contributed by atoms with Crippen molar-refractivity contribution >= 4 is 17.2 Å². The molecule has 0 fully saturated rings. The molecule has 19 heavy (non-hydrogen) atoms. The molecule has 1 heterocycles. The first-order chi connectivity index (χ1) is 8.48. The van der Waals surface area contributed by atoms with E-state index in [-0.39, 0.29) is 6.54 Å². The lowest BCUT2D eigenvalue weighted by Gasteiger charge is -2.25. The van der Waals surface area contributed by atoms with Crippen molar-refractivity contribution in [2.75, 3.05) is 6.54 Å². The number of carbonyl (C=O) groups is 1. The Morgan fingerprint density at radius 1 is 1.26 bits per heavy atom. The van der Waals surface area contributed by atoms with Crippen molar-refractivity contribution in [1.82, 2.24) is 5.32 Å². The molecule has 0 aliphatic carbocycles. The summed E-state index contributed by atoms with van der Waals surface area (Å²) in [5.41, 5.74) is -0.717. The number of halogens is 5. The Hall–Kier alpha value is -1.18. The van der Waals surface area contributed by atoms with E-state index in [0.717, 1.165) is 4.88 Å². The minimum atomic E-state index is -5.88. The van der Waals surface area contributed by atoms with Gasteiger partial charge in [0.25, 0.3) is 5.91 Å². The predicted molar refractivity (Wildman–Crippen MR) is 61.4 cm³/mol. The molecule has 0 aliphatic rings. The minimum absolute atomic E-state index is 0.308. The Labute approximate surface area is 110 Å². The summed E-state index contributed by atoms with van der Waals surface area (Å²) in [4.78, 5) is 11.7. The number of hydrogen-bond acceptors (Lipinski definition) is 2. The lowest BCUT2D eigenvalue weighted by molar-refractivity contribution is -0.269. The molecule has 0 spiro atoms. The van der Waals surface area contributed by atoms with Crippen LogP contribution in [0.15, 0.2) is 17.5 Å². The van der Waals surface area contributed by atoms with Crippen LogP contribution in [0.2, 0.25) is 0 Å². The van der Waals surface area contributed by atoms with Crippen molar-refractivity contribution in [2.45, 2.75) is 31.4 Å². The van der Waals surface area contributed by atoms with E-state index in [1.54, 1.807) is 36.7 Å². The highest BCUT2D eigenvalue weighted by molar-refractivity contribution is 7.10. The Kier molecular flexibility index (Phi) is 4.23. The molecule has 0 atom stereocenters. The molecule has 0 aromatic carbocycles. The van der Waals surface area contributed by atoms with Crippen molar-refractivity contribution in [3.05, 3.63) is 22.4 Å². The summed E-state index contributed by atoms with van der Waals surface area (Å²) >= 11 is 1.33. The van der Waals surface area contributed by atoms with Crippen LogP contribution < -0.4 is 5.32 Å². The monoisotopic (exact) mass is 301 g/mol. The first kappa shape index (κ1) is 15.9. The quantitative estimate of drug-likeness (QED) is 0.849. The van der Waals surface area contributed by atoms with Gasteiger partial charge in [-0.3, -0.25) is 4.79 Å². The van der Waals surface area contributed by atoms with Gasteiger partial charge in [-0.05, 0) is 11.4 Å². The lowest BCUT2D eigenvalue weighted by Crippen LogP contribution is -2.52. The molecule has 0 radical (unpaired) electrons. The van der Waals surface area contributed by atoms with E-state index in [1.165, 1.54) is 11.3 Å². The number of amides is 1. The van der Waals surface area contributed by atoms with Crippen LogP contribution in [0, 0.1) is 0 Å². The zero-order valence-corrected chi connectivity index (χ0v) is 11.0. The van der Waals surface area contributed by atoms with Crippen LogP contribution in [0.3, 0.4) is 0 Å². The van der Waals surface area contributed by atoms with E-state index >= 15 is 0 Å². The average molecular weight is 301 g/mol. The van der Waals surface area contributed by atoms with Gasteiger partial charge in [-0.25, -0.2) is 0 Å². The highest BCUT2D eigenvalue weighted by Gasteiger charge is 2.63. The van der Waals surface area contributed by atoms with E-state index in [2.05, 4.69) is 0 Å². The second-order valence-corrected chi connectivity index (χ2v) is 5.56. The third-order valence-corrected chi connectivity index (χ3v) is 3.76. The number of thiophene rings is 1. The predicted octanol–water partition coefficient (Wildman–Crippen LogP) is 3.34. The topological polar surface area (TPSA) is 29.1 Å². The van der Waals surface area contributed by atoms with Gasteiger partial charge in [0.1, 0.15) is 0 Å². The average Bonchev–Trinajstić information content (AvgIpc) is 2.78. The molecule has 1 N–H and O–H groups in total. The largest absolute Gasteiger partial charge is 0.463 e. The molecule has 1 aromatic heterocycles. The van der Waals surface area contributed by atoms with Crippen molar-refractivity contribution in [3.63, 3.8) is 0 Å². The van der Waals surface area contributed by atoms with Crippen LogP contribution >= 0.6 is 11.3 Å². The molecule has 1 amide bonds. The van der Waals surface area contributed by atoms with Crippen molar-refractivity contribution in [3.8, 4) is 0 Å². The van der Waals surface area contributed by atoms with E-state index in [9.17, 15) is 26.7 Å². The van der Waals surface area contributed by atoms with E-state index < -0.39 is 23.4 Å². The zero-order valence-electron chi connectivity index (χ0n) is 10.1. The summed E-state index contributed by atoms with van der Waals surface area (Å²) in [5, 5.41) is 3.41. The summed E-state index contributed by atoms with van der Waals surface area (Å²) in [7, 11) is 0. The van der Waals surface area contributed by atoms with Crippen LogP contribution in [0.1, 0.15) is 18.7 Å². The first-order valence-electron chi connectivity index (χ1n) is 5.25. The van der Waals surface area contributed by atoms with Gasteiger partial charge in [-0.15, -0.1) is 11.3 Å². The van der Waals surface area contributed by atoms with Gasteiger partial charge in [0.05, 0.1) is 0 Å². The van der Waals surface area contributed by atoms with Gasteiger partial charge in [-0.2, -0.15) is 22.0 Å². The molecule has 2 nitrogen and oxygen atoms in total. The fourth-order valence-corrected chi connectivity index (χ4v) is 2.14. The number of carbonyl (C=O) groups excluding carboxylic acids is 1. The maximum absolute atomic E-state index is 12.7. The molecule has 108 valence electrons. The Balaban J connectivity index is 2.70. The molecule has 1 aromatic rings. The van der Waals surface area contributed by atoms with E-state index in [0.29, 0.717) is 0 Å². The van der Waals surface area contributed by atoms with Crippen LogP contribution in [0.25, 0.3) is 0 Å². The van der Waals surface area contributed by atoms with Gasteiger partial charge in [0, 0.05) is 16.8 Å². The summed E-state index contributed by atoms with van der Waals surface area (Å²) in [6.07, 6.45) is -5.88. The second kappa shape index (κ2) is 5.07. The molecule has 1 rings (SSSR count). The molecular formula is C11H12F5NOS. The highest BCUT2D eigenvalue weighted by Crippen LogP contribution is 2.35. The van der Waals surface area contributed by atoms with Crippen LogP contribution in [-0.4, -0.2) is 24.6 Å². The van der Waals surface area contributed by atoms with Crippen LogP contribution in [0.5, 0.6) is 0 Å². The Morgan fingerprint density at radius 3 is 2.26 bits per heavy atom. The number of alkyl halides is 5. The molecule has 8 heteroatoms. The zero-order chi connectivity index (χ0) is 14.9. The molecular weight excluding hydrogens is 289 g/mol. The maximum atomic E-state index is 12.7. The Bertz CT molecular complexity index is 438. The molecule has 0 saturated heterocycles. The minimum Gasteiger partial charge on any atom is -0.350 e. The molecule has 0 unspecified atom stereocenters. The van der Waals surface area contributed by atoms with E-state index in [1.807, 2.05) is 0 Å². The normalized spacial score (nSPS) is 13.4. The fraction of sp³-hybridized carbons (Fsp3) is 0.545. The van der Waals surface area contributed by atoms with Gasteiger partial charge in [-0.1, -0.05) is 19.9 Å². The highest BCUT2D eigenvalue weighted by atomic mass is 32.1. The summed E-state index contributed by atoms with van der Waals surface area (Å²) < 4.78 is 61.3. The van der Waals surface area contributed by atoms with Gasteiger partial charge < -0.3 is 5.32 Å². The van der Waals surface area contributed by atoms with Gasteiger partial charge in [0.2, 0.25) is 0 Å². The second-order valence-electron chi connectivity index (χ2n) is 4.62. The smallest absolute Gasteiger partial charge is 0.350 e. The number of nitrogens with one attached hydrogen (secondary N) is 1. The molecule has 0 aliphatic heterocycles. The SMILES string of the molecule is CC(C)(CNC(=O)C(F)(F)C(F)(F)F)c1cccs1. The summed E-state index contributed by atoms with van der Waals surface area (Å²) in [6, 6.07) is 3.45. The lowest BCUT2D eigenvalue weighted by atomic mass is 9.91. The van der Waals surface area contributed by atoms with Gasteiger partial charge in [0.15, 0.2) is 0 Å². The van der Waals surface area contributed by atoms with Crippen molar-refractivity contribution < 1.29 is 26.7 Å². The van der Waals surface area contributed by atoms with Crippen LogP contribution in [0.4, 0.5) is 22.0 Å². The summed E-state index contributed by atoms with van der Waals surface area (Å²) in [5.74, 6) is -7.71. The third kappa shape index (κ3) is 3.43. The number of hydrogen-bond donors (Lipinski definition) is 1. The third-order valence-electron chi connectivity index (χ3n) is 2.52. The first-order valence-corrected chi connectivity index (χ1v) is 6.13. The van der Waals surface area contributed by atoms with Gasteiger partial charge >= 0.3 is 12.1 Å². The number of rotatable bonds is 4. The fourth-order valence-electron chi connectivity index (χ4n) is 1.29. The standard InChI is InChI=1S/C11H12F5NOS/c1-9(2,7-4-3-5-19-7)6-17-8(18)10(12,13)11(14,15)16/h3-5H,6H2,1-2H3,(H,17,18). The van der Waals surface area contributed by atoms with Crippen molar-refractivity contribution in [2.24, 2.45) is 0 Å². The van der Waals surface area contributed by atoms with Crippen LogP contribution in [-0.2, 0) is 10.2 Å². The van der Waals surface area contributed by atoms with E-state index in [4.69, 9.17) is 0 Å². The van der Waals surface area contributed by atoms with Crippen molar-refractivity contribution in [1.29, 1.82) is 0 Å². The maximum Gasteiger partial charge on any atom is 0.463 e. The Morgan fingerprint density at radius 2 is 1.84 bits per heavy atom.